The van der Waals surface area contributed by atoms with Gasteiger partial charge in [-0.25, -0.2) is 9.78 Å². The second kappa shape index (κ2) is 5.73. The van der Waals surface area contributed by atoms with E-state index in [9.17, 15) is 9.59 Å². The number of carbonyl (C=O) groups is 1. The molecule has 1 aromatic carbocycles. The van der Waals surface area contributed by atoms with Crippen LogP contribution < -0.4 is 5.56 Å². The van der Waals surface area contributed by atoms with Gasteiger partial charge >= 0.3 is 5.97 Å². The Balaban J connectivity index is 1.89. The van der Waals surface area contributed by atoms with E-state index in [4.69, 9.17) is 4.74 Å². The summed E-state index contributed by atoms with van der Waals surface area (Å²) in [4.78, 5) is 31.8. The third kappa shape index (κ3) is 2.65. The Bertz CT molecular complexity index is 898. The molecule has 3 aromatic rings. The van der Waals surface area contributed by atoms with Crippen molar-refractivity contribution in [2.75, 3.05) is 0 Å². The van der Waals surface area contributed by atoms with Gasteiger partial charge < -0.3 is 9.72 Å². The number of hydrogen-bond donors (Lipinski definition) is 1. The van der Waals surface area contributed by atoms with Gasteiger partial charge in [-0.15, -0.1) is 11.3 Å². The minimum atomic E-state index is -0.633. The number of ether oxygens (including phenoxy) is 1. The molecule has 0 aliphatic heterocycles. The maximum atomic E-state index is 12.1. The van der Waals surface area contributed by atoms with Crippen LogP contribution in [-0.4, -0.2) is 15.9 Å². The van der Waals surface area contributed by atoms with Crippen molar-refractivity contribution < 1.29 is 9.53 Å². The molecule has 2 heterocycles. The second-order valence-electron chi connectivity index (χ2n) is 4.95. The summed E-state index contributed by atoms with van der Waals surface area (Å²) in [6, 6.07) is 8.91. The molecule has 0 aliphatic rings. The normalized spacial score (nSPS) is 12.3. The summed E-state index contributed by atoms with van der Waals surface area (Å²) >= 11 is 1.33. The number of carbonyl (C=O) groups excluding carboxylic acids is 1. The quantitative estimate of drug-likeness (QED) is 0.753. The van der Waals surface area contributed by atoms with Crippen molar-refractivity contribution in [1.82, 2.24) is 9.97 Å². The van der Waals surface area contributed by atoms with Crippen molar-refractivity contribution in [1.29, 1.82) is 0 Å². The highest BCUT2D eigenvalue weighted by Gasteiger charge is 2.18. The van der Waals surface area contributed by atoms with Crippen LogP contribution >= 0.6 is 11.3 Å². The fourth-order valence-corrected chi connectivity index (χ4v) is 2.96. The molecule has 1 atom stereocenters. The molecule has 1 N–H and O–H groups in total. The maximum absolute atomic E-state index is 12.1. The Hall–Kier alpha value is -2.47. The number of aromatic amines is 1. The third-order valence-electron chi connectivity index (χ3n) is 3.35. The third-order valence-corrected chi connectivity index (χ3v) is 4.34. The predicted molar refractivity (Wildman–Crippen MR) is 85.3 cm³/mol. The van der Waals surface area contributed by atoms with Gasteiger partial charge in [0.15, 0.2) is 11.9 Å². The fourth-order valence-electron chi connectivity index (χ4n) is 2.15. The van der Waals surface area contributed by atoms with Crippen LogP contribution in [0, 0.1) is 6.92 Å². The lowest BCUT2D eigenvalue weighted by Gasteiger charge is -2.12. The highest BCUT2D eigenvalue weighted by atomic mass is 32.1. The number of para-hydroxylation sites is 1. The Labute approximate surface area is 130 Å². The number of aromatic nitrogens is 2. The lowest BCUT2D eigenvalue weighted by atomic mass is 10.2. The standard InChI is InChI=1S/C16H14N2O3S/c1-9-7-8-22-13(9)16(20)21-10(2)14-17-12-6-4-3-5-11(12)15(19)18-14/h3-8,10H,1-2H3,(H,17,18,19)/t10-/m0/s1. The van der Waals surface area contributed by atoms with Crippen molar-refractivity contribution in [3.8, 4) is 0 Å². The largest absolute Gasteiger partial charge is 0.450 e. The summed E-state index contributed by atoms with van der Waals surface area (Å²) in [5, 5.41) is 2.35. The van der Waals surface area contributed by atoms with Crippen molar-refractivity contribution in [3.63, 3.8) is 0 Å². The molecule has 0 spiro atoms. The fraction of sp³-hybridized carbons (Fsp3) is 0.188. The van der Waals surface area contributed by atoms with Gasteiger partial charge in [-0.05, 0) is 43.0 Å². The lowest BCUT2D eigenvalue weighted by Crippen LogP contribution is -2.17. The van der Waals surface area contributed by atoms with Crippen LogP contribution in [0.15, 0.2) is 40.5 Å². The van der Waals surface area contributed by atoms with Gasteiger partial charge in [0.2, 0.25) is 0 Å². The topological polar surface area (TPSA) is 72.0 Å². The molecule has 0 unspecified atom stereocenters. The number of thiophene rings is 1. The number of esters is 1. The number of benzene rings is 1. The molecule has 0 saturated carbocycles. The average Bonchev–Trinajstić information content (AvgIpc) is 2.93. The van der Waals surface area contributed by atoms with E-state index in [1.54, 1.807) is 25.1 Å². The summed E-state index contributed by atoms with van der Waals surface area (Å²) < 4.78 is 5.40. The molecule has 0 saturated heterocycles. The predicted octanol–water partition coefficient (Wildman–Crippen LogP) is 3.21. The molecule has 22 heavy (non-hydrogen) atoms. The Morgan fingerprint density at radius 3 is 2.82 bits per heavy atom. The monoisotopic (exact) mass is 314 g/mol. The van der Waals surface area contributed by atoms with E-state index in [1.165, 1.54) is 11.3 Å². The van der Waals surface area contributed by atoms with Crippen LogP contribution in [0.4, 0.5) is 0 Å². The zero-order valence-corrected chi connectivity index (χ0v) is 12.9. The van der Waals surface area contributed by atoms with Crippen molar-refractivity contribution in [2.45, 2.75) is 20.0 Å². The van der Waals surface area contributed by atoms with Crippen LogP contribution in [0.3, 0.4) is 0 Å². The molecular weight excluding hydrogens is 300 g/mol. The number of rotatable bonds is 3. The molecular formula is C16H14N2O3S. The van der Waals surface area contributed by atoms with E-state index in [2.05, 4.69) is 9.97 Å². The summed E-state index contributed by atoms with van der Waals surface area (Å²) in [5.74, 6) is -0.0675. The van der Waals surface area contributed by atoms with Crippen LogP contribution in [0.1, 0.15) is 34.1 Å². The molecule has 5 nitrogen and oxygen atoms in total. The Morgan fingerprint density at radius 1 is 1.32 bits per heavy atom. The smallest absolute Gasteiger partial charge is 0.349 e. The van der Waals surface area contributed by atoms with E-state index >= 15 is 0 Å². The highest BCUT2D eigenvalue weighted by Crippen LogP contribution is 2.21. The van der Waals surface area contributed by atoms with Gasteiger partial charge in [-0.3, -0.25) is 4.79 Å². The second-order valence-corrected chi connectivity index (χ2v) is 5.86. The van der Waals surface area contributed by atoms with Crippen LogP contribution in [0.2, 0.25) is 0 Å². The number of hydrogen-bond acceptors (Lipinski definition) is 5. The van der Waals surface area contributed by atoms with Crippen molar-refractivity contribution in [3.05, 3.63) is 62.3 Å². The van der Waals surface area contributed by atoms with Crippen molar-refractivity contribution in [2.24, 2.45) is 0 Å². The molecule has 0 radical (unpaired) electrons. The molecule has 0 bridgehead atoms. The van der Waals surface area contributed by atoms with Gasteiger partial charge in [0.05, 0.1) is 10.9 Å². The lowest BCUT2D eigenvalue weighted by molar-refractivity contribution is 0.0325. The molecule has 3 rings (SSSR count). The molecule has 112 valence electrons. The summed E-state index contributed by atoms with van der Waals surface area (Å²) in [7, 11) is 0. The Morgan fingerprint density at radius 2 is 2.09 bits per heavy atom. The first kappa shape index (κ1) is 14.5. The number of aryl methyl sites for hydroxylation is 1. The van der Waals surface area contributed by atoms with E-state index in [0.717, 1.165) is 5.56 Å². The van der Waals surface area contributed by atoms with Gasteiger partial charge in [-0.1, -0.05) is 12.1 Å². The van der Waals surface area contributed by atoms with Gasteiger partial charge in [0.25, 0.3) is 5.56 Å². The highest BCUT2D eigenvalue weighted by molar-refractivity contribution is 7.12. The first-order valence-electron chi connectivity index (χ1n) is 6.80. The Kier molecular flexibility index (Phi) is 3.77. The SMILES string of the molecule is Cc1ccsc1C(=O)O[C@@H](C)c1nc2ccccc2c(=O)[nH]1. The van der Waals surface area contributed by atoms with Crippen LogP contribution in [-0.2, 0) is 4.74 Å². The number of fused-ring (bicyclic) bond motifs is 1. The summed E-state index contributed by atoms with van der Waals surface area (Å²) in [6.45, 7) is 3.54. The van der Waals surface area contributed by atoms with E-state index in [1.807, 2.05) is 24.4 Å². The summed E-state index contributed by atoms with van der Waals surface area (Å²) in [5.41, 5.74) is 1.22. The van der Waals surface area contributed by atoms with E-state index in [0.29, 0.717) is 21.6 Å². The van der Waals surface area contributed by atoms with Gasteiger partial charge in [0, 0.05) is 0 Å². The molecule has 0 amide bonds. The van der Waals surface area contributed by atoms with Crippen LogP contribution in [0.25, 0.3) is 10.9 Å². The number of nitrogens with one attached hydrogen (secondary N) is 1. The van der Waals surface area contributed by atoms with Gasteiger partial charge in [0.1, 0.15) is 4.88 Å². The molecule has 6 heteroatoms. The zero-order valence-electron chi connectivity index (χ0n) is 12.1. The average molecular weight is 314 g/mol. The first-order chi connectivity index (χ1) is 10.6. The summed E-state index contributed by atoms with van der Waals surface area (Å²) in [6.07, 6.45) is -0.633. The first-order valence-corrected chi connectivity index (χ1v) is 7.68. The van der Waals surface area contributed by atoms with Gasteiger partial charge in [-0.2, -0.15) is 0 Å². The molecule has 0 fully saturated rings. The number of H-pyrrole nitrogens is 1. The minimum Gasteiger partial charge on any atom is -0.450 e. The van der Waals surface area contributed by atoms with Crippen molar-refractivity contribution >= 4 is 28.2 Å². The zero-order chi connectivity index (χ0) is 15.7. The van der Waals surface area contributed by atoms with Crippen LogP contribution in [0.5, 0.6) is 0 Å². The van der Waals surface area contributed by atoms with E-state index in [-0.39, 0.29) is 5.56 Å². The molecule has 2 aromatic heterocycles. The number of nitrogens with zero attached hydrogens (tertiary/aromatic N) is 1. The van der Waals surface area contributed by atoms with E-state index < -0.39 is 12.1 Å². The molecule has 0 aliphatic carbocycles. The maximum Gasteiger partial charge on any atom is 0.349 e. The minimum absolute atomic E-state index is 0.240.